The molecule has 0 fully saturated rings. The topological polar surface area (TPSA) is 61.4 Å². The SMILES string of the molecule is C[C@@H](CNC(=O)[C@@H]1CC(=O)Nc2ccccc21)N1CCc2ccccc2C1. The minimum Gasteiger partial charge on any atom is -0.354 e. The van der Waals surface area contributed by atoms with E-state index in [9.17, 15) is 9.59 Å². The standard InChI is InChI=1S/C22H25N3O2/c1-15(25-11-10-16-6-2-3-7-17(16)14-25)13-23-22(27)19-12-21(26)24-20-9-5-4-8-18(19)20/h2-9,15,19H,10-14H2,1H3,(H,23,27)(H,24,26)/t15-,19+/m0/s1. The number of hydrogen-bond acceptors (Lipinski definition) is 3. The van der Waals surface area contributed by atoms with Crippen molar-refractivity contribution in [3.63, 3.8) is 0 Å². The molecular weight excluding hydrogens is 338 g/mol. The molecule has 0 bridgehead atoms. The number of fused-ring (bicyclic) bond motifs is 2. The molecule has 5 heteroatoms. The first-order chi connectivity index (χ1) is 13.1. The average molecular weight is 363 g/mol. The fourth-order valence-electron chi connectivity index (χ4n) is 4.04. The molecule has 0 aromatic heterocycles. The Balaban J connectivity index is 1.38. The van der Waals surface area contributed by atoms with Gasteiger partial charge in [0, 0.05) is 37.8 Å². The third kappa shape index (κ3) is 3.74. The van der Waals surface area contributed by atoms with E-state index in [0.717, 1.165) is 30.8 Å². The normalized spacial score (nSPS) is 20.2. The average Bonchev–Trinajstić information content (AvgIpc) is 2.70. The van der Waals surface area contributed by atoms with Crippen molar-refractivity contribution in [1.82, 2.24) is 10.2 Å². The number of benzene rings is 2. The van der Waals surface area contributed by atoms with Crippen molar-refractivity contribution in [3.8, 4) is 0 Å². The fourth-order valence-corrected chi connectivity index (χ4v) is 4.04. The maximum Gasteiger partial charge on any atom is 0.228 e. The van der Waals surface area contributed by atoms with Crippen LogP contribution < -0.4 is 10.6 Å². The van der Waals surface area contributed by atoms with E-state index in [1.807, 2.05) is 24.3 Å². The minimum atomic E-state index is -0.413. The summed E-state index contributed by atoms with van der Waals surface area (Å²) in [6, 6.07) is 16.4. The summed E-state index contributed by atoms with van der Waals surface area (Å²) in [4.78, 5) is 27.1. The number of carbonyl (C=O) groups is 2. The number of hydrogen-bond donors (Lipinski definition) is 2. The molecule has 0 spiro atoms. The van der Waals surface area contributed by atoms with Gasteiger partial charge >= 0.3 is 0 Å². The summed E-state index contributed by atoms with van der Waals surface area (Å²) in [6.45, 7) is 4.65. The molecule has 2 aromatic rings. The van der Waals surface area contributed by atoms with Gasteiger partial charge in [-0.25, -0.2) is 0 Å². The van der Waals surface area contributed by atoms with Crippen LogP contribution in [0.15, 0.2) is 48.5 Å². The van der Waals surface area contributed by atoms with Gasteiger partial charge in [0.05, 0.1) is 5.92 Å². The van der Waals surface area contributed by atoms with Gasteiger partial charge in [0.2, 0.25) is 11.8 Å². The fraction of sp³-hybridized carbons (Fsp3) is 0.364. The third-order valence-corrected chi connectivity index (χ3v) is 5.67. The quantitative estimate of drug-likeness (QED) is 0.878. The van der Waals surface area contributed by atoms with Crippen LogP contribution in [0.5, 0.6) is 0 Å². The van der Waals surface area contributed by atoms with Gasteiger partial charge in [-0.3, -0.25) is 14.5 Å². The Labute approximate surface area is 159 Å². The highest BCUT2D eigenvalue weighted by Gasteiger charge is 2.30. The van der Waals surface area contributed by atoms with Crippen molar-refractivity contribution in [1.29, 1.82) is 0 Å². The van der Waals surface area contributed by atoms with Crippen molar-refractivity contribution >= 4 is 17.5 Å². The van der Waals surface area contributed by atoms with E-state index in [2.05, 4.69) is 46.7 Å². The molecule has 27 heavy (non-hydrogen) atoms. The van der Waals surface area contributed by atoms with E-state index in [1.165, 1.54) is 11.1 Å². The first-order valence-electron chi connectivity index (χ1n) is 9.59. The molecule has 2 aliphatic rings. The second-order valence-corrected chi connectivity index (χ2v) is 7.48. The summed E-state index contributed by atoms with van der Waals surface area (Å²) in [5.74, 6) is -0.583. The Morgan fingerprint density at radius 3 is 2.78 bits per heavy atom. The zero-order chi connectivity index (χ0) is 18.8. The zero-order valence-corrected chi connectivity index (χ0v) is 15.6. The molecule has 2 heterocycles. The number of para-hydroxylation sites is 1. The summed E-state index contributed by atoms with van der Waals surface area (Å²) in [7, 11) is 0. The first kappa shape index (κ1) is 17.7. The van der Waals surface area contributed by atoms with Crippen LogP contribution >= 0.6 is 0 Å². The first-order valence-corrected chi connectivity index (χ1v) is 9.59. The molecule has 2 amide bonds. The van der Waals surface area contributed by atoms with Gasteiger partial charge in [-0.15, -0.1) is 0 Å². The smallest absolute Gasteiger partial charge is 0.228 e. The van der Waals surface area contributed by atoms with E-state index < -0.39 is 5.92 Å². The lowest BCUT2D eigenvalue weighted by atomic mass is 9.90. The van der Waals surface area contributed by atoms with Crippen molar-refractivity contribution in [3.05, 3.63) is 65.2 Å². The summed E-state index contributed by atoms with van der Waals surface area (Å²) in [6.07, 6.45) is 1.25. The van der Waals surface area contributed by atoms with E-state index in [-0.39, 0.29) is 24.3 Å². The van der Waals surface area contributed by atoms with Gasteiger partial charge in [-0.05, 0) is 36.1 Å². The Bertz CT molecular complexity index is 864. The van der Waals surface area contributed by atoms with Crippen LogP contribution in [0.25, 0.3) is 0 Å². The molecule has 0 radical (unpaired) electrons. The lowest BCUT2D eigenvalue weighted by Crippen LogP contribution is -2.45. The van der Waals surface area contributed by atoms with Crippen molar-refractivity contribution < 1.29 is 9.59 Å². The second-order valence-electron chi connectivity index (χ2n) is 7.48. The highest BCUT2D eigenvalue weighted by molar-refractivity contribution is 6.01. The summed E-state index contributed by atoms with van der Waals surface area (Å²) >= 11 is 0. The summed E-state index contributed by atoms with van der Waals surface area (Å²) in [5, 5.41) is 5.92. The molecule has 0 saturated carbocycles. The zero-order valence-electron chi connectivity index (χ0n) is 15.6. The van der Waals surface area contributed by atoms with Gasteiger partial charge in [-0.2, -0.15) is 0 Å². The molecule has 140 valence electrons. The molecule has 4 rings (SSSR count). The molecule has 5 nitrogen and oxygen atoms in total. The summed E-state index contributed by atoms with van der Waals surface area (Å²) in [5.41, 5.74) is 4.44. The van der Waals surface area contributed by atoms with Crippen LogP contribution in [0.4, 0.5) is 5.69 Å². The predicted molar refractivity (Wildman–Crippen MR) is 105 cm³/mol. The predicted octanol–water partition coefficient (Wildman–Crippen LogP) is 2.68. The van der Waals surface area contributed by atoms with Gasteiger partial charge in [0.25, 0.3) is 0 Å². The van der Waals surface area contributed by atoms with Crippen LogP contribution in [-0.2, 0) is 22.6 Å². The number of amides is 2. The van der Waals surface area contributed by atoms with Crippen LogP contribution in [0, 0.1) is 0 Å². The number of nitrogens with one attached hydrogen (secondary N) is 2. The molecule has 0 unspecified atom stereocenters. The Hall–Kier alpha value is -2.66. The Morgan fingerprint density at radius 2 is 1.93 bits per heavy atom. The largest absolute Gasteiger partial charge is 0.354 e. The van der Waals surface area contributed by atoms with Gasteiger partial charge in [0.15, 0.2) is 0 Å². The molecule has 2 N–H and O–H groups in total. The van der Waals surface area contributed by atoms with E-state index in [0.29, 0.717) is 6.54 Å². The molecule has 2 aromatic carbocycles. The minimum absolute atomic E-state index is 0.0680. The maximum absolute atomic E-state index is 12.8. The van der Waals surface area contributed by atoms with E-state index in [1.54, 1.807) is 0 Å². The van der Waals surface area contributed by atoms with Crippen LogP contribution in [-0.4, -0.2) is 35.8 Å². The van der Waals surface area contributed by atoms with Gasteiger partial charge in [-0.1, -0.05) is 42.5 Å². The maximum atomic E-state index is 12.8. The second kappa shape index (κ2) is 7.53. The number of anilines is 1. The molecule has 2 atom stereocenters. The number of rotatable bonds is 4. The van der Waals surface area contributed by atoms with Crippen molar-refractivity contribution in [2.75, 3.05) is 18.4 Å². The van der Waals surface area contributed by atoms with Gasteiger partial charge < -0.3 is 10.6 Å². The van der Waals surface area contributed by atoms with Crippen molar-refractivity contribution in [2.45, 2.75) is 38.3 Å². The van der Waals surface area contributed by atoms with Crippen molar-refractivity contribution in [2.24, 2.45) is 0 Å². The highest BCUT2D eigenvalue weighted by Crippen LogP contribution is 2.32. The van der Waals surface area contributed by atoms with Crippen LogP contribution in [0.2, 0.25) is 0 Å². The van der Waals surface area contributed by atoms with Crippen LogP contribution in [0.1, 0.15) is 36.0 Å². The summed E-state index contributed by atoms with van der Waals surface area (Å²) < 4.78 is 0. The van der Waals surface area contributed by atoms with E-state index >= 15 is 0 Å². The van der Waals surface area contributed by atoms with Crippen LogP contribution in [0.3, 0.4) is 0 Å². The molecular formula is C22H25N3O2. The number of nitrogens with zero attached hydrogens (tertiary/aromatic N) is 1. The monoisotopic (exact) mass is 363 g/mol. The molecule has 0 aliphatic carbocycles. The lowest BCUT2D eigenvalue weighted by molar-refractivity contribution is -0.126. The number of carbonyl (C=O) groups excluding carboxylic acids is 2. The van der Waals surface area contributed by atoms with Gasteiger partial charge in [0.1, 0.15) is 0 Å². The molecule has 2 aliphatic heterocycles. The van der Waals surface area contributed by atoms with E-state index in [4.69, 9.17) is 0 Å². The lowest BCUT2D eigenvalue weighted by Gasteiger charge is -2.34. The molecule has 0 saturated heterocycles. The third-order valence-electron chi connectivity index (χ3n) is 5.67. The Morgan fingerprint density at radius 1 is 1.19 bits per heavy atom. The highest BCUT2D eigenvalue weighted by atomic mass is 16.2. The Kier molecular flexibility index (Phi) is 4.94.